The highest BCUT2D eigenvalue weighted by Crippen LogP contribution is 2.35. The summed E-state index contributed by atoms with van der Waals surface area (Å²) in [6.45, 7) is 1.57. The predicted molar refractivity (Wildman–Crippen MR) is 104 cm³/mol. The number of esters is 1. The maximum absolute atomic E-state index is 12.5. The Kier molecular flexibility index (Phi) is 4.38. The van der Waals surface area contributed by atoms with Gasteiger partial charge in [0.25, 0.3) is 5.91 Å². The van der Waals surface area contributed by atoms with Gasteiger partial charge in [0.2, 0.25) is 0 Å². The van der Waals surface area contributed by atoms with Crippen LogP contribution in [0.25, 0.3) is 22.2 Å². The monoisotopic (exact) mass is 380 g/mol. The van der Waals surface area contributed by atoms with Gasteiger partial charge in [0.15, 0.2) is 0 Å². The van der Waals surface area contributed by atoms with E-state index < -0.39 is 5.97 Å². The molecule has 4 rings (SSSR count). The number of rotatable bonds is 4. The molecule has 1 fully saturated rings. The second-order valence-electron chi connectivity index (χ2n) is 6.58. The number of carbonyl (C=O) groups excluding carboxylic acids is 2. The number of nitrogens with two attached hydrogens (primary N) is 1. The molecule has 1 aliphatic heterocycles. The Balaban J connectivity index is 1.80. The van der Waals surface area contributed by atoms with Gasteiger partial charge in [-0.3, -0.25) is 4.79 Å². The third-order valence-corrected chi connectivity index (χ3v) is 4.98. The van der Waals surface area contributed by atoms with Crippen LogP contribution >= 0.6 is 0 Å². The van der Waals surface area contributed by atoms with E-state index in [9.17, 15) is 9.59 Å². The number of aromatic amines is 1. The summed E-state index contributed by atoms with van der Waals surface area (Å²) in [4.78, 5) is 33.6. The predicted octanol–water partition coefficient (Wildman–Crippen LogP) is 2.45. The molecule has 1 aromatic carbocycles. The lowest BCUT2D eigenvalue weighted by Crippen LogP contribution is -2.42. The zero-order chi connectivity index (χ0) is 19.8. The van der Waals surface area contributed by atoms with Crippen molar-refractivity contribution in [2.45, 2.75) is 6.42 Å². The summed E-state index contributed by atoms with van der Waals surface area (Å²) in [5, 5.41) is 0.608. The van der Waals surface area contributed by atoms with Crippen LogP contribution in [0.4, 0.5) is 5.82 Å². The van der Waals surface area contributed by atoms with E-state index in [2.05, 4.69) is 9.97 Å². The van der Waals surface area contributed by atoms with E-state index in [1.165, 1.54) is 13.3 Å². The molecular formula is C20H20N4O4. The minimum absolute atomic E-state index is 0.00540. The number of hydrogen-bond donors (Lipinski definition) is 2. The summed E-state index contributed by atoms with van der Waals surface area (Å²) in [7, 11) is 2.87. The quantitative estimate of drug-likeness (QED) is 0.673. The van der Waals surface area contributed by atoms with Crippen LogP contribution in [0, 0.1) is 0 Å². The van der Waals surface area contributed by atoms with Gasteiger partial charge in [-0.25, -0.2) is 9.78 Å². The fraction of sp³-hybridized carbons (Fsp3) is 0.250. The molecule has 0 radical (unpaired) electrons. The molecule has 1 saturated heterocycles. The number of anilines is 1. The molecule has 0 spiro atoms. The minimum Gasteiger partial charge on any atom is -0.496 e. The number of pyridine rings is 1. The molecule has 8 nitrogen and oxygen atoms in total. The maximum Gasteiger partial charge on any atom is 0.340 e. The molecule has 3 aromatic rings. The number of nitrogens with zero attached hydrogens (tertiary/aromatic N) is 2. The second-order valence-corrected chi connectivity index (χ2v) is 6.58. The fourth-order valence-corrected chi connectivity index (χ4v) is 3.30. The fourth-order valence-electron chi connectivity index (χ4n) is 3.30. The van der Waals surface area contributed by atoms with Crippen molar-refractivity contribution in [3.8, 4) is 17.0 Å². The van der Waals surface area contributed by atoms with E-state index in [0.29, 0.717) is 33.5 Å². The van der Waals surface area contributed by atoms with Crippen molar-refractivity contribution < 1.29 is 19.1 Å². The first kappa shape index (κ1) is 17.8. The Bertz CT molecular complexity index is 1090. The number of aromatic nitrogens is 2. The van der Waals surface area contributed by atoms with Crippen molar-refractivity contribution in [2.24, 2.45) is 0 Å². The zero-order valence-electron chi connectivity index (χ0n) is 15.6. The number of carbonyl (C=O) groups is 2. The molecule has 0 bridgehead atoms. The number of nitrogen functional groups attached to an aromatic ring is 1. The van der Waals surface area contributed by atoms with Gasteiger partial charge in [0.1, 0.15) is 11.6 Å². The summed E-state index contributed by atoms with van der Waals surface area (Å²) in [5.74, 6) is 0.321. The van der Waals surface area contributed by atoms with Crippen molar-refractivity contribution in [2.75, 3.05) is 33.0 Å². The van der Waals surface area contributed by atoms with Crippen molar-refractivity contribution >= 4 is 28.6 Å². The molecule has 2 aromatic heterocycles. The molecule has 3 heterocycles. The third kappa shape index (κ3) is 2.83. The number of methoxy groups -OCH3 is 2. The standard InChI is InChI=1S/C20H20N4O4/c1-27-16-8-11(19(25)24-6-3-7-24)4-5-12(16)15-9-13-14(20(26)28-2)10-22-18(21)17(13)23-15/h4-5,8-10,23H,3,6-7H2,1-2H3,(H2,21,22). The van der Waals surface area contributed by atoms with Crippen LogP contribution in [0.15, 0.2) is 30.5 Å². The molecule has 144 valence electrons. The average Bonchev–Trinajstić information content (AvgIpc) is 3.11. The van der Waals surface area contributed by atoms with E-state index >= 15 is 0 Å². The summed E-state index contributed by atoms with van der Waals surface area (Å²) in [6.07, 6.45) is 2.43. The van der Waals surface area contributed by atoms with Crippen LogP contribution < -0.4 is 10.5 Å². The average molecular weight is 380 g/mol. The molecule has 0 saturated carbocycles. The third-order valence-electron chi connectivity index (χ3n) is 4.98. The van der Waals surface area contributed by atoms with Crippen molar-refractivity contribution in [3.63, 3.8) is 0 Å². The van der Waals surface area contributed by atoms with Crippen LogP contribution in [0.5, 0.6) is 5.75 Å². The molecule has 28 heavy (non-hydrogen) atoms. The summed E-state index contributed by atoms with van der Waals surface area (Å²) < 4.78 is 10.3. The SMILES string of the molecule is COC(=O)c1cnc(N)c2[nH]c(-c3ccc(C(=O)N4CCC4)cc3OC)cc12. The Morgan fingerprint density at radius 1 is 1.21 bits per heavy atom. The van der Waals surface area contributed by atoms with Crippen molar-refractivity contribution in [1.29, 1.82) is 0 Å². The van der Waals surface area contributed by atoms with Gasteiger partial charge in [-0.1, -0.05) is 0 Å². The van der Waals surface area contributed by atoms with E-state index in [0.717, 1.165) is 25.1 Å². The second kappa shape index (κ2) is 6.88. The lowest BCUT2D eigenvalue weighted by Gasteiger charge is -2.31. The Labute approximate surface area is 161 Å². The van der Waals surface area contributed by atoms with Gasteiger partial charge < -0.3 is 25.1 Å². The van der Waals surface area contributed by atoms with Crippen LogP contribution in [0.3, 0.4) is 0 Å². The van der Waals surface area contributed by atoms with E-state index in [4.69, 9.17) is 15.2 Å². The van der Waals surface area contributed by atoms with Crippen LogP contribution in [0.1, 0.15) is 27.1 Å². The highest BCUT2D eigenvalue weighted by atomic mass is 16.5. The molecule has 1 amide bonds. The molecule has 8 heteroatoms. The van der Waals surface area contributed by atoms with Crippen LogP contribution in [0.2, 0.25) is 0 Å². The van der Waals surface area contributed by atoms with Gasteiger partial charge in [-0.05, 0) is 30.7 Å². The van der Waals surface area contributed by atoms with E-state index in [1.807, 2.05) is 6.07 Å². The maximum atomic E-state index is 12.5. The number of H-pyrrole nitrogens is 1. The first-order chi connectivity index (χ1) is 13.5. The van der Waals surface area contributed by atoms with Crippen LogP contribution in [-0.4, -0.2) is 54.1 Å². The van der Waals surface area contributed by atoms with Gasteiger partial charge in [0, 0.05) is 35.8 Å². The number of amides is 1. The minimum atomic E-state index is -0.495. The molecule has 0 atom stereocenters. The first-order valence-corrected chi connectivity index (χ1v) is 8.86. The normalized spacial score (nSPS) is 13.3. The molecule has 1 aliphatic rings. The van der Waals surface area contributed by atoms with Crippen LogP contribution in [-0.2, 0) is 4.74 Å². The summed E-state index contributed by atoms with van der Waals surface area (Å²) in [6, 6.07) is 7.11. The molecule has 0 aliphatic carbocycles. The molecular weight excluding hydrogens is 360 g/mol. The highest BCUT2D eigenvalue weighted by molar-refractivity contribution is 6.07. The molecule has 3 N–H and O–H groups in total. The number of fused-ring (bicyclic) bond motifs is 1. The van der Waals surface area contributed by atoms with Gasteiger partial charge in [-0.15, -0.1) is 0 Å². The largest absolute Gasteiger partial charge is 0.496 e. The highest BCUT2D eigenvalue weighted by Gasteiger charge is 2.23. The summed E-state index contributed by atoms with van der Waals surface area (Å²) in [5.41, 5.74) is 8.85. The van der Waals surface area contributed by atoms with E-state index in [-0.39, 0.29) is 11.7 Å². The number of ether oxygens (including phenoxy) is 2. The number of hydrogen-bond acceptors (Lipinski definition) is 6. The number of likely N-dealkylation sites (tertiary alicyclic amines) is 1. The Hall–Kier alpha value is -3.55. The van der Waals surface area contributed by atoms with Gasteiger partial charge in [0.05, 0.1) is 31.0 Å². The Morgan fingerprint density at radius 2 is 2.00 bits per heavy atom. The topological polar surface area (TPSA) is 111 Å². The Morgan fingerprint density at radius 3 is 2.64 bits per heavy atom. The van der Waals surface area contributed by atoms with Crippen molar-refractivity contribution in [3.05, 3.63) is 41.6 Å². The summed E-state index contributed by atoms with van der Waals surface area (Å²) >= 11 is 0. The smallest absolute Gasteiger partial charge is 0.340 e. The van der Waals surface area contributed by atoms with Gasteiger partial charge >= 0.3 is 5.97 Å². The van der Waals surface area contributed by atoms with Gasteiger partial charge in [-0.2, -0.15) is 0 Å². The number of benzene rings is 1. The zero-order valence-corrected chi connectivity index (χ0v) is 15.6. The number of nitrogens with one attached hydrogen (secondary N) is 1. The first-order valence-electron chi connectivity index (χ1n) is 8.86. The lowest BCUT2D eigenvalue weighted by atomic mass is 10.0. The van der Waals surface area contributed by atoms with Crippen molar-refractivity contribution in [1.82, 2.24) is 14.9 Å². The lowest BCUT2D eigenvalue weighted by molar-refractivity contribution is 0.0601. The van der Waals surface area contributed by atoms with E-state index in [1.54, 1.807) is 30.2 Å². The molecule has 0 unspecified atom stereocenters.